The molecule has 0 fully saturated rings. The molecule has 0 aliphatic carbocycles. The fourth-order valence-corrected chi connectivity index (χ4v) is 2.29. The molecule has 1 N–H and O–H groups in total. The second-order valence-corrected chi connectivity index (χ2v) is 7.09. The third-order valence-corrected chi connectivity index (χ3v) is 3.54. The highest BCUT2D eigenvalue weighted by Gasteiger charge is 2.17. The fourth-order valence-electron chi connectivity index (χ4n) is 2.29. The number of esters is 1. The van der Waals surface area contributed by atoms with Crippen LogP contribution < -0.4 is 14.8 Å². The van der Waals surface area contributed by atoms with Crippen molar-refractivity contribution in [3.63, 3.8) is 0 Å². The number of nitro benzene ring substituents is 1. The van der Waals surface area contributed by atoms with E-state index in [1.807, 2.05) is 0 Å². The molecule has 0 radical (unpaired) electrons. The maximum absolute atomic E-state index is 12.0. The van der Waals surface area contributed by atoms with Gasteiger partial charge >= 0.3 is 12.1 Å². The lowest BCUT2D eigenvalue weighted by Gasteiger charge is -2.20. The second kappa shape index (κ2) is 9.55. The average molecular weight is 414 g/mol. The minimum absolute atomic E-state index is 0.103. The minimum Gasteiger partial charge on any atom is -0.495 e. The molecule has 0 heterocycles. The third-order valence-electron chi connectivity index (χ3n) is 3.54. The Morgan fingerprint density at radius 3 is 2.33 bits per heavy atom. The van der Waals surface area contributed by atoms with Crippen molar-refractivity contribution in [2.75, 3.05) is 12.4 Å². The molecule has 0 aliphatic rings. The quantitative estimate of drug-likeness (QED) is 0.242. The predicted molar refractivity (Wildman–Crippen MR) is 111 cm³/mol. The van der Waals surface area contributed by atoms with E-state index in [1.165, 1.54) is 43.5 Å². The summed E-state index contributed by atoms with van der Waals surface area (Å²) in [4.78, 5) is 34.1. The van der Waals surface area contributed by atoms with Gasteiger partial charge in [0.05, 0.1) is 17.7 Å². The summed E-state index contributed by atoms with van der Waals surface area (Å²) in [7, 11) is 1.46. The van der Waals surface area contributed by atoms with Crippen LogP contribution in [0.4, 0.5) is 16.2 Å². The Hall–Kier alpha value is -3.88. The number of carbonyl (C=O) groups excluding carboxylic acids is 2. The highest BCUT2D eigenvalue weighted by Crippen LogP contribution is 2.27. The molecule has 0 saturated heterocycles. The maximum Gasteiger partial charge on any atom is 0.412 e. The van der Waals surface area contributed by atoms with Gasteiger partial charge in [-0.3, -0.25) is 15.4 Å². The van der Waals surface area contributed by atoms with Crippen LogP contribution in [0.1, 0.15) is 26.3 Å². The summed E-state index contributed by atoms with van der Waals surface area (Å²) in [5.74, 6) is -0.0648. The zero-order chi connectivity index (χ0) is 22.3. The van der Waals surface area contributed by atoms with E-state index in [0.717, 1.165) is 0 Å². The van der Waals surface area contributed by atoms with Gasteiger partial charge in [-0.2, -0.15) is 0 Å². The zero-order valence-electron chi connectivity index (χ0n) is 17.0. The monoisotopic (exact) mass is 414 g/mol. The van der Waals surface area contributed by atoms with E-state index in [9.17, 15) is 19.7 Å². The Bertz CT molecular complexity index is 960. The molecule has 2 aromatic rings. The second-order valence-electron chi connectivity index (χ2n) is 7.09. The molecule has 0 atom stereocenters. The number of non-ortho nitro benzene ring substituents is 1. The molecule has 2 aromatic carbocycles. The number of amides is 1. The standard InChI is InChI=1S/C21H22N2O7/c1-21(2,3)30-20(25)22-17-13-14(5-11-18(17)28-4)6-12-19(24)29-16-9-7-15(8-10-16)23(26)27/h5-13H,1-4H3,(H,22,25). The van der Waals surface area contributed by atoms with Gasteiger partial charge in [0.1, 0.15) is 17.1 Å². The lowest BCUT2D eigenvalue weighted by Crippen LogP contribution is -2.27. The van der Waals surface area contributed by atoms with Crippen molar-refractivity contribution in [1.82, 2.24) is 0 Å². The van der Waals surface area contributed by atoms with E-state index in [0.29, 0.717) is 17.0 Å². The smallest absolute Gasteiger partial charge is 0.412 e. The minimum atomic E-state index is -0.665. The molecule has 0 aliphatic heterocycles. The van der Waals surface area contributed by atoms with Gasteiger partial charge in [0.15, 0.2) is 0 Å². The Morgan fingerprint density at radius 2 is 1.77 bits per heavy atom. The number of anilines is 1. The largest absolute Gasteiger partial charge is 0.495 e. The third kappa shape index (κ3) is 6.93. The molecule has 1 amide bonds. The number of rotatable bonds is 6. The number of nitro groups is 1. The van der Waals surface area contributed by atoms with E-state index < -0.39 is 22.6 Å². The van der Waals surface area contributed by atoms with Crippen LogP contribution in [0, 0.1) is 10.1 Å². The highest BCUT2D eigenvalue weighted by molar-refractivity contribution is 5.90. The normalized spacial score (nSPS) is 11.1. The van der Waals surface area contributed by atoms with Gasteiger partial charge in [-0.25, -0.2) is 9.59 Å². The summed E-state index contributed by atoms with van der Waals surface area (Å²) < 4.78 is 15.6. The van der Waals surface area contributed by atoms with Crippen LogP contribution in [0.2, 0.25) is 0 Å². The van der Waals surface area contributed by atoms with Crippen molar-refractivity contribution in [3.8, 4) is 11.5 Å². The Labute approximate surface area is 173 Å². The molecule has 0 bridgehead atoms. The van der Waals surface area contributed by atoms with Crippen molar-refractivity contribution in [2.24, 2.45) is 0 Å². The van der Waals surface area contributed by atoms with Crippen LogP contribution in [0.5, 0.6) is 11.5 Å². The van der Waals surface area contributed by atoms with Crippen molar-refractivity contribution < 1.29 is 28.7 Å². The summed E-state index contributed by atoms with van der Waals surface area (Å²) in [5.41, 5.74) is 0.213. The molecule has 0 aromatic heterocycles. The first kappa shape index (κ1) is 22.4. The lowest BCUT2D eigenvalue weighted by atomic mass is 10.1. The Morgan fingerprint density at radius 1 is 1.10 bits per heavy atom. The first-order chi connectivity index (χ1) is 14.1. The SMILES string of the molecule is COc1ccc(C=CC(=O)Oc2ccc([N+](=O)[O-])cc2)cc1NC(=O)OC(C)(C)C. The van der Waals surface area contributed by atoms with E-state index in [1.54, 1.807) is 39.0 Å². The number of nitrogens with zero attached hydrogens (tertiary/aromatic N) is 1. The van der Waals surface area contributed by atoms with Crippen molar-refractivity contribution in [1.29, 1.82) is 0 Å². The average Bonchev–Trinajstić information content (AvgIpc) is 2.65. The predicted octanol–water partition coefficient (Wildman–Crippen LogP) is 4.57. The van der Waals surface area contributed by atoms with Crippen molar-refractivity contribution >= 4 is 29.5 Å². The van der Waals surface area contributed by atoms with Gasteiger partial charge in [0.2, 0.25) is 0 Å². The fraction of sp³-hybridized carbons (Fsp3) is 0.238. The van der Waals surface area contributed by atoms with Gasteiger partial charge in [-0.15, -0.1) is 0 Å². The number of methoxy groups -OCH3 is 1. The number of hydrogen-bond acceptors (Lipinski definition) is 7. The summed E-state index contributed by atoms with van der Waals surface area (Å²) >= 11 is 0. The van der Waals surface area contributed by atoms with Crippen molar-refractivity contribution in [3.05, 3.63) is 64.2 Å². The van der Waals surface area contributed by atoms with Crippen LogP contribution >= 0.6 is 0 Å². The van der Waals surface area contributed by atoms with Crippen LogP contribution in [0.15, 0.2) is 48.5 Å². The number of ether oxygens (including phenoxy) is 3. The first-order valence-electron chi connectivity index (χ1n) is 8.90. The molecule has 0 saturated carbocycles. The first-order valence-corrected chi connectivity index (χ1v) is 8.90. The lowest BCUT2D eigenvalue weighted by molar-refractivity contribution is -0.384. The molecule has 9 nitrogen and oxygen atoms in total. The molecule has 0 spiro atoms. The van der Waals surface area contributed by atoms with Crippen molar-refractivity contribution in [2.45, 2.75) is 26.4 Å². The number of benzene rings is 2. The van der Waals surface area contributed by atoms with Gasteiger partial charge in [0, 0.05) is 18.2 Å². The summed E-state index contributed by atoms with van der Waals surface area (Å²) in [5, 5.41) is 13.3. The summed E-state index contributed by atoms with van der Waals surface area (Å²) in [6, 6.07) is 10.1. The van der Waals surface area contributed by atoms with Crippen LogP contribution in [0.3, 0.4) is 0 Å². The summed E-state index contributed by atoms with van der Waals surface area (Å²) in [6.45, 7) is 5.25. The zero-order valence-corrected chi connectivity index (χ0v) is 17.0. The summed E-state index contributed by atoms with van der Waals surface area (Å²) in [6.07, 6.45) is 2.05. The van der Waals surface area contributed by atoms with E-state index in [4.69, 9.17) is 14.2 Å². The van der Waals surface area contributed by atoms with Crippen LogP contribution in [0.25, 0.3) is 6.08 Å². The Balaban J connectivity index is 2.07. The highest BCUT2D eigenvalue weighted by atomic mass is 16.6. The van der Waals surface area contributed by atoms with E-state index in [2.05, 4.69) is 5.32 Å². The molecule has 30 heavy (non-hydrogen) atoms. The molecular weight excluding hydrogens is 392 g/mol. The van der Waals surface area contributed by atoms with Crippen LogP contribution in [-0.4, -0.2) is 29.7 Å². The van der Waals surface area contributed by atoms with Gasteiger partial charge in [-0.05, 0) is 56.7 Å². The number of hydrogen-bond donors (Lipinski definition) is 1. The van der Waals surface area contributed by atoms with Gasteiger partial charge in [-0.1, -0.05) is 6.07 Å². The van der Waals surface area contributed by atoms with Gasteiger partial charge in [0.25, 0.3) is 5.69 Å². The molecule has 9 heteroatoms. The van der Waals surface area contributed by atoms with E-state index >= 15 is 0 Å². The number of carbonyl (C=O) groups is 2. The molecular formula is C21H22N2O7. The maximum atomic E-state index is 12.0. The molecule has 2 rings (SSSR count). The number of nitrogens with one attached hydrogen (secondary N) is 1. The molecule has 158 valence electrons. The van der Waals surface area contributed by atoms with E-state index in [-0.39, 0.29) is 11.4 Å². The van der Waals surface area contributed by atoms with Gasteiger partial charge < -0.3 is 14.2 Å². The molecule has 0 unspecified atom stereocenters. The Kier molecular flexibility index (Phi) is 7.13. The van der Waals surface area contributed by atoms with Crippen LogP contribution in [-0.2, 0) is 9.53 Å². The topological polar surface area (TPSA) is 117 Å².